The maximum atomic E-state index is 12.5. The number of alkyl halides is 2. The van der Waals surface area contributed by atoms with Crippen molar-refractivity contribution < 1.29 is 23.0 Å². The molecular formula is C19H17BrF2N4O3. The van der Waals surface area contributed by atoms with Gasteiger partial charge in [-0.3, -0.25) is 9.89 Å². The molecule has 29 heavy (non-hydrogen) atoms. The molecule has 0 unspecified atom stereocenters. The lowest BCUT2D eigenvalue weighted by Crippen LogP contribution is -2.24. The van der Waals surface area contributed by atoms with Crippen LogP contribution in [0, 0.1) is 0 Å². The SMILES string of the molecule is CCOc1ccc(Br)cc1-c1nc(CNC(=O)c2ccccc2OC(F)F)n[nH]1. The van der Waals surface area contributed by atoms with E-state index in [0.29, 0.717) is 29.6 Å². The summed E-state index contributed by atoms with van der Waals surface area (Å²) in [6.45, 7) is -0.658. The molecule has 1 aromatic heterocycles. The predicted octanol–water partition coefficient (Wildman–Crippen LogP) is 4.16. The Hall–Kier alpha value is -3.01. The molecule has 0 atom stereocenters. The number of carbonyl (C=O) groups is 1. The molecule has 3 rings (SSSR count). The Labute approximate surface area is 173 Å². The van der Waals surface area contributed by atoms with Crippen molar-refractivity contribution in [1.29, 1.82) is 0 Å². The number of carbonyl (C=O) groups excluding carboxylic acids is 1. The number of rotatable bonds is 8. The van der Waals surface area contributed by atoms with Crippen LogP contribution in [0.1, 0.15) is 23.1 Å². The van der Waals surface area contributed by atoms with Crippen molar-refractivity contribution >= 4 is 21.8 Å². The zero-order valence-corrected chi connectivity index (χ0v) is 16.9. The first-order chi connectivity index (χ1) is 14.0. The number of benzene rings is 2. The second kappa shape index (κ2) is 9.46. The second-order valence-electron chi connectivity index (χ2n) is 5.73. The smallest absolute Gasteiger partial charge is 0.387 e. The molecule has 0 aliphatic heterocycles. The number of hydrogen-bond donors (Lipinski definition) is 2. The van der Waals surface area contributed by atoms with Gasteiger partial charge in [-0.15, -0.1) is 0 Å². The number of nitrogens with one attached hydrogen (secondary N) is 2. The van der Waals surface area contributed by atoms with Gasteiger partial charge in [-0.2, -0.15) is 13.9 Å². The van der Waals surface area contributed by atoms with Crippen LogP contribution < -0.4 is 14.8 Å². The molecule has 0 saturated carbocycles. The van der Waals surface area contributed by atoms with E-state index in [9.17, 15) is 13.6 Å². The minimum absolute atomic E-state index is 0.00365. The Bertz CT molecular complexity index is 997. The third-order valence-corrected chi connectivity index (χ3v) is 4.28. The molecule has 0 aliphatic carbocycles. The predicted molar refractivity (Wildman–Crippen MR) is 105 cm³/mol. The molecule has 0 spiro atoms. The minimum Gasteiger partial charge on any atom is -0.493 e. The van der Waals surface area contributed by atoms with Crippen molar-refractivity contribution in [2.24, 2.45) is 0 Å². The molecule has 2 aromatic carbocycles. The van der Waals surface area contributed by atoms with Gasteiger partial charge in [0.05, 0.1) is 24.3 Å². The average molecular weight is 467 g/mol. The van der Waals surface area contributed by atoms with Gasteiger partial charge < -0.3 is 14.8 Å². The molecule has 7 nitrogen and oxygen atoms in total. The van der Waals surface area contributed by atoms with Gasteiger partial charge in [0, 0.05) is 4.47 Å². The van der Waals surface area contributed by atoms with E-state index in [0.717, 1.165) is 4.47 Å². The van der Waals surface area contributed by atoms with Crippen molar-refractivity contribution in [2.45, 2.75) is 20.1 Å². The van der Waals surface area contributed by atoms with E-state index < -0.39 is 12.5 Å². The largest absolute Gasteiger partial charge is 0.493 e. The van der Waals surface area contributed by atoms with Crippen LogP contribution in [0.5, 0.6) is 11.5 Å². The van der Waals surface area contributed by atoms with Crippen LogP contribution in [0.15, 0.2) is 46.9 Å². The number of para-hydroxylation sites is 1. The monoisotopic (exact) mass is 466 g/mol. The summed E-state index contributed by atoms with van der Waals surface area (Å²) in [5.41, 5.74) is 0.705. The highest BCUT2D eigenvalue weighted by Gasteiger charge is 2.17. The van der Waals surface area contributed by atoms with Crippen LogP contribution in [0.2, 0.25) is 0 Å². The number of aromatic nitrogens is 3. The number of aromatic amines is 1. The lowest BCUT2D eigenvalue weighted by Gasteiger charge is -2.10. The van der Waals surface area contributed by atoms with E-state index in [2.05, 4.69) is 41.2 Å². The highest BCUT2D eigenvalue weighted by molar-refractivity contribution is 9.10. The van der Waals surface area contributed by atoms with Crippen molar-refractivity contribution in [3.05, 3.63) is 58.3 Å². The Balaban J connectivity index is 1.72. The van der Waals surface area contributed by atoms with E-state index in [4.69, 9.17) is 4.74 Å². The fraction of sp³-hybridized carbons (Fsp3) is 0.211. The molecule has 1 amide bonds. The molecule has 0 radical (unpaired) electrons. The van der Waals surface area contributed by atoms with Crippen molar-refractivity contribution in [2.75, 3.05) is 6.61 Å². The van der Waals surface area contributed by atoms with Crippen LogP contribution in [-0.2, 0) is 6.54 Å². The zero-order chi connectivity index (χ0) is 20.8. The van der Waals surface area contributed by atoms with Crippen LogP contribution in [0.3, 0.4) is 0 Å². The second-order valence-corrected chi connectivity index (χ2v) is 6.65. The number of nitrogens with zero attached hydrogens (tertiary/aromatic N) is 2. The fourth-order valence-electron chi connectivity index (χ4n) is 2.57. The molecule has 2 N–H and O–H groups in total. The van der Waals surface area contributed by atoms with Gasteiger partial charge in [0.25, 0.3) is 5.91 Å². The van der Waals surface area contributed by atoms with Gasteiger partial charge in [-0.1, -0.05) is 28.1 Å². The van der Waals surface area contributed by atoms with Gasteiger partial charge in [-0.25, -0.2) is 4.98 Å². The summed E-state index contributed by atoms with van der Waals surface area (Å²) in [6, 6.07) is 11.3. The van der Waals surface area contributed by atoms with Gasteiger partial charge in [0.2, 0.25) is 0 Å². The Morgan fingerprint density at radius 1 is 1.24 bits per heavy atom. The first kappa shape index (κ1) is 20.7. The standard InChI is InChI=1S/C19H17BrF2N4O3/c1-2-28-14-8-7-11(20)9-13(14)17-24-16(25-26-17)10-23-18(27)12-5-3-4-6-15(12)29-19(21)22/h3-9,19H,2,10H2,1H3,(H,23,27)(H,24,25,26). The number of ether oxygens (including phenoxy) is 2. The molecule has 1 heterocycles. The summed E-state index contributed by atoms with van der Waals surface area (Å²) in [5.74, 6) is 0.653. The van der Waals surface area contributed by atoms with Crippen molar-refractivity contribution in [1.82, 2.24) is 20.5 Å². The lowest BCUT2D eigenvalue weighted by molar-refractivity contribution is -0.0501. The molecule has 0 saturated heterocycles. The molecular weight excluding hydrogens is 450 g/mol. The first-order valence-corrected chi connectivity index (χ1v) is 9.43. The molecule has 0 bridgehead atoms. The van der Waals surface area contributed by atoms with E-state index in [1.54, 1.807) is 6.07 Å². The highest BCUT2D eigenvalue weighted by atomic mass is 79.9. The Morgan fingerprint density at radius 3 is 2.79 bits per heavy atom. The fourth-order valence-corrected chi connectivity index (χ4v) is 2.93. The van der Waals surface area contributed by atoms with Crippen LogP contribution in [0.4, 0.5) is 8.78 Å². The molecule has 152 valence electrons. The number of amides is 1. The maximum absolute atomic E-state index is 12.5. The first-order valence-electron chi connectivity index (χ1n) is 8.64. The Kier molecular flexibility index (Phi) is 6.76. The van der Waals surface area contributed by atoms with Gasteiger partial charge in [0.1, 0.15) is 11.5 Å². The number of H-pyrrole nitrogens is 1. The summed E-state index contributed by atoms with van der Waals surface area (Å²) in [4.78, 5) is 16.7. The summed E-state index contributed by atoms with van der Waals surface area (Å²) in [7, 11) is 0. The average Bonchev–Trinajstić information content (AvgIpc) is 3.16. The molecule has 0 fully saturated rings. The third kappa shape index (κ3) is 5.29. The van der Waals surface area contributed by atoms with Crippen molar-refractivity contribution in [3.63, 3.8) is 0 Å². The van der Waals surface area contributed by atoms with Gasteiger partial charge in [-0.05, 0) is 37.3 Å². The summed E-state index contributed by atoms with van der Waals surface area (Å²) in [6.07, 6.45) is 0. The van der Waals surface area contributed by atoms with E-state index in [1.165, 1.54) is 18.2 Å². The molecule has 0 aliphatic rings. The maximum Gasteiger partial charge on any atom is 0.387 e. The van der Waals surface area contributed by atoms with Crippen LogP contribution >= 0.6 is 15.9 Å². The van der Waals surface area contributed by atoms with E-state index >= 15 is 0 Å². The van der Waals surface area contributed by atoms with E-state index in [-0.39, 0.29) is 17.9 Å². The normalized spacial score (nSPS) is 10.8. The molecule has 3 aromatic rings. The van der Waals surface area contributed by atoms with Crippen LogP contribution in [-0.4, -0.2) is 34.3 Å². The Morgan fingerprint density at radius 2 is 2.03 bits per heavy atom. The minimum atomic E-state index is -3.02. The topological polar surface area (TPSA) is 89.1 Å². The van der Waals surface area contributed by atoms with Gasteiger partial charge in [0.15, 0.2) is 11.6 Å². The number of halogens is 3. The third-order valence-electron chi connectivity index (χ3n) is 3.78. The molecule has 10 heteroatoms. The quantitative estimate of drug-likeness (QED) is 0.520. The summed E-state index contributed by atoms with van der Waals surface area (Å²) < 4.78 is 35.8. The highest BCUT2D eigenvalue weighted by Crippen LogP contribution is 2.30. The lowest BCUT2D eigenvalue weighted by atomic mass is 10.2. The number of hydrogen-bond acceptors (Lipinski definition) is 5. The van der Waals surface area contributed by atoms with Gasteiger partial charge >= 0.3 is 6.61 Å². The van der Waals surface area contributed by atoms with Crippen molar-refractivity contribution in [3.8, 4) is 22.9 Å². The summed E-state index contributed by atoms with van der Waals surface area (Å²) >= 11 is 3.41. The van der Waals surface area contributed by atoms with E-state index in [1.807, 2.05) is 25.1 Å². The zero-order valence-electron chi connectivity index (χ0n) is 15.3. The summed E-state index contributed by atoms with van der Waals surface area (Å²) in [5, 5.41) is 9.49. The van der Waals surface area contributed by atoms with Crippen LogP contribution in [0.25, 0.3) is 11.4 Å².